The third kappa shape index (κ3) is 4.77. The van der Waals surface area contributed by atoms with Gasteiger partial charge in [-0.2, -0.15) is 0 Å². The first kappa shape index (κ1) is 20.7. The predicted molar refractivity (Wildman–Crippen MR) is 102 cm³/mol. The van der Waals surface area contributed by atoms with Crippen LogP contribution in [0.5, 0.6) is 5.75 Å². The monoisotopic (exact) mass is 373 g/mol. The van der Waals surface area contributed by atoms with Crippen LogP contribution in [0.2, 0.25) is 0 Å². The van der Waals surface area contributed by atoms with E-state index in [4.69, 9.17) is 0 Å². The largest absolute Gasteiger partial charge is 0.511 e. The Morgan fingerprint density at radius 3 is 2.44 bits per heavy atom. The average Bonchev–Trinajstić information content (AvgIpc) is 2.93. The van der Waals surface area contributed by atoms with Gasteiger partial charge < -0.3 is 20.6 Å². The van der Waals surface area contributed by atoms with Gasteiger partial charge in [-0.1, -0.05) is 38.1 Å². The van der Waals surface area contributed by atoms with Crippen molar-refractivity contribution in [2.45, 2.75) is 45.8 Å². The van der Waals surface area contributed by atoms with E-state index in [1.807, 2.05) is 26.0 Å². The van der Waals surface area contributed by atoms with E-state index in [-0.39, 0.29) is 28.9 Å². The van der Waals surface area contributed by atoms with Crippen LogP contribution in [0.3, 0.4) is 0 Å². The molecule has 0 aromatic heterocycles. The van der Waals surface area contributed by atoms with Crippen molar-refractivity contribution in [2.75, 3.05) is 0 Å². The van der Waals surface area contributed by atoms with Gasteiger partial charge in [0.2, 0.25) is 0 Å². The lowest BCUT2D eigenvalue weighted by Crippen LogP contribution is -2.35. The topological polar surface area (TPSA) is 107 Å². The number of nitrogens with one attached hydrogen (secondary N) is 1. The SMILES string of the molecule is CC=CC[C@H](C)C[C@H](C)/C(O)=C1/C(=O)N[C@@H]([C@@H](O)c2ccc(O)cc2)C1=O. The minimum atomic E-state index is -1.27. The Balaban J connectivity index is 2.18. The van der Waals surface area contributed by atoms with E-state index in [1.165, 1.54) is 24.3 Å². The van der Waals surface area contributed by atoms with Crippen molar-refractivity contribution in [1.29, 1.82) is 0 Å². The minimum Gasteiger partial charge on any atom is -0.511 e. The Labute approximate surface area is 159 Å². The van der Waals surface area contributed by atoms with Gasteiger partial charge in [0.05, 0.1) is 0 Å². The molecule has 4 atom stereocenters. The summed E-state index contributed by atoms with van der Waals surface area (Å²) >= 11 is 0. The first-order valence-corrected chi connectivity index (χ1v) is 9.12. The van der Waals surface area contributed by atoms with Crippen molar-refractivity contribution >= 4 is 11.7 Å². The number of hydrogen-bond acceptors (Lipinski definition) is 5. The number of carbonyl (C=O) groups is 2. The number of amides is 1. The van der Waals surface area contributed by atoms with Crippen molar-refractivity contribution in [2.24, 2.45) is 11.8 Å². The van der Waals surface area contributed by atoms with Crippen molar-refractivity contribution in [3.63, 3.8) is 0 Å². The molecule has 1 aromatic rings. The molecule has 1 aromatic carbocycles. The number of ketones is 1. The van der Waals surface area contributed by atoms with E-state index in [2.05, 4.69) is 5.32 Å². The molecule has 0 unspecified atom stereocenters. The molecule has 0 radical (unpaired) electrons. The molecule has 4 N–H and O–H groups in total. The molecule has 0 saturated carbocycles. The van der Waals surface area contributed by atoms with Gasteiger partial charge in [0, 0.05) is 5.92 Å². The standard InChI is InChI=1S/C21H27NO5/c1-4-5-6-12(2)11-13(3)18(24)16-20(26)17(22-21(16)27)19(25)14-7-9-15(23)10-8-14/h4-5,7-10,12-13,17,19,23-25H,6,11H2,1-3H3,(H,22,27)/b5-4?,18-16-/t12-,13-,17-,19-/m0/s1. The smallest absolute Gasteiger partial charge is 0.259 e. The maximum Gasteiger partial charge on any atom is 0.259 e. The summed E-state index contributed by atoms with van der Waals surface area (Å²) in [6.45, 7) is 5.76. The number of rotatable bonds is 7. The predicted octanol–water partition coefficient (Wildman–Crippen LogP) is 2.93. The minimum absolute atomic E-state index is 0.0341. The number of aliphatic hydroxyl groups is 2. The first-order valence-electron chi connectivity index (χ1n) is 9.12. The Bertz CT molecular complexity index is 750. The zero-order valence-electron chi connectivity index (χ0n) is 15.8. The summed E-state index contributed by atoms with van der Waals surface area (Å²) < 4.78 is 0. The molecule has 2 rings (SSSR count). The number of aliphatic hydroxyl groups excluding tert-OH is 2. The molecule has 1 aliphatic rings. The van der Waals surface area contributed by atoms with E-state index < -0.39 is 23.8 Å². The van der Waals surface area contributed by atoms with Gasteiger partial charge in [0.15, 0.2) is 5.78 Å². The fourth-order valence-electron chi connectivity index (χ4n) is 3.30. The lowest BCUT2D eigenvalue weighted by Gasteiger charge is -2.17. The highest BCUT2D eigenvalue weighted by molar-refractivity contribution is 6.27. The van der Waals surface area contributed by atoms with E-state index in [0.717, 1.165) is 6.42 Å². The maximum atomic E-state index is 12.7. The molecule has 1 heterocycles. The summed E-state index contributed by atoms with van der Waals surface area (Å²) in [6, 6.07) is 4.58. The maximum absolute atomic E-state index is 12.7. The third-order valence-corrected chi connectivity index (χ3v) is 4.85. The third-order valence-electron chi connectivity index (χ3n) is 4.85. The second kappa shape index (κ2) is 8.86. The fourth-order valence-corrected chi connectivity index (χ4v) is 3.30. The van der Waals surface area contributed by atoms with Crippen molar-refractivity contribution in [3.05, 3.63) is 53.3 Å². The molecule has 6 nitrogen and oxygen atoms in total. The van der Waals surface area contributed by atoms with E-state index in [1.54, 1.807) is 6.92 Å². The van der Waals surface area contributed by atoms with Gasteiger partial charge in [0.1, 0.15) is 29.2 Å². The van der Waals surface area contributed by atoms with Crippen LogP contribution in [0, 0.1) is 11.8 Å². The molecule has 6 heteroatoms. The number of allylic oxidation sites excluding steroid dienone is 3. The number of hydrogen-bond donors (Lipinski definition) is 4. The van der Waals surface area contributed by atoms with E-state index in [9.17, 15) is 24.9 Å². The molecule has 1 fully saturated rings. The van der Waals surface area contributed by atoms with Crippen LogP contribution in [0.15, 0.2) is 47.7 Å². The van der Waals surface area contributed by atoms with Crippen LogP contribution in [0.1, 0.15) is 45.3 Å². The lowest BCUT2D eigenvalue weighted by atomic mass is 9.90. The highest BCUT2D eigenvalue weighted by atomic mass is 16.3. The molecule has 146 valence electrons. The Kier molecular flexibility index (Phi) is 6.80. The number of aromatic hydroxyl groups is 1. The zero-order valence-corrected chi connectivity index (χ0v) is 15.8. The normalized spacial score (nSPS) is 22.6. The van der Waals surface area contributed by atoms with Crippen molar-refractivity contribution < 1.29 is 24.9 Å². The number of Topliss-reactive ketones (excluding diaryl/α,β-unsaturated/α-hetero) is 1. The summed E-state index contributed by atoms with van der Waals surface area (Å²) in [5, 5.41) is 32.8. The van der Waals surface area contributed by atoms with Crippen molar-refractivity contribution in [3.8, 4) is 5.75 Å². The highest BCUT2D eigenvalue weighted by Gasteiger charge is 2.43. The number of benzene rings is 1. The summed E-state index contributed by atoms with van der Waals surface area (Å²) in [5.74, 6) is -1.55. The Morgan fingerprint density at radius 1 is 1.22 bits per heavy atom. The van der Waals surface area contributed by atoms with Gasteiger partial charge >= 0.3 is 0 Å². The number of phenolic OH excluding ortho intramolecular Hbond substituents is 1. The Hall–Kier alpha value is -2.60. The van der Waals surface area contributed by atoms with Crippen LogP contribution in [0.4, 0.5) is 0 Å². The van der Waals surface area contributed by atoms with Gasteiger partial charge in [-0.25, -0.2) is 0 Å². The van der Waals surface area contributed by atoms with Gasteiger partial charge in [0.25, 0.3) is 5.91 Å². The van der Waals surface area contributed by atoms with Gasteiger partial charge in [-0.15, -0.1) is 0 Å². The van der Waals surface area contributed by atoms with E-state index in [0.29, 0.717) is 12.0 Å². The molecule has 0 aliphatic carbocycles. The zero-order chi connectivity index (χ0) is 20.1. The quantitative estimate of drug-likeness (QED) is 0.254. The molecule has 1 aliphatic heterocycles. The lowest BCUT2D eigenvalue weighted by molar-refractivity contribution is -0.118. The van der Waals surface area contributed by atoms with Crippen LogP contribution in [-0.2, 0) is 9.59 Å². The number of carbonyl (C=O) groups excluding carboxylic acids is 2. The molecular formula is C21H27NO5. The first-order chi connectivity index (χ1) is 12.8. The fraction of sp³-hybridized carbons (Fsp3) is 0.429. The summed E-state index contributed by atoms with van der Waals surface area (Å²) in [5.41, 5.74) is 0.115. The number of phenols is 1. The second-order valence-corrected chi connectivity index (χ2v) is 7.16. The van der Waals surface area contributed by atoms with Crippen molar-refractivity contribution in [1.82, 2.24) is 5.32 Å². The van der Waals surface area contributed by atoms with Crippen LogP contribution >= 0.6 is 0 Å². The Morgan fingerprint density at radius 2 is 1.85 bits per heavy atom. The van der Waals surface area contributed by atoms with Gasteiger partial charge in [-0.05, 0) is 43.4 Å². The molecular weight excluding hydrogens is 346 g/mol. The summed E-state index contributed by atoms with van der Waals surface area (Å²) in [4.78, 5) is 25.0. The van der Waals surface area contributed by atoms with Gasteiger partial charge in [-0.3, -0.25) is 9.59 Å². The van der Waals surface area contributed by atoms with Crippen LogP contribution < -0.4 is 5.32 Å². The van der Waals surface area contributed by atoms with Crippen LogP contribution in [0.25, 0.3) is 0 Å². The highest BCUT2D eigenvalue weighted by Crippen LogP contribution is 2.29. The molecule has 1 amide bonds. The molecule has 0 spiro atoms. The second-order valence-electron chi connectivity index (χ2n) is 7.16. The summed E-state index contributed by atoms with van der Waals surface area (Å²) in [6.07, 6.45) is 4.22. The van der Waals surface area contributed by atoms with Crippen LogP contribution in [-0.4, -0.2) is 33.1 Å². The molecule has 27 heavy (non-hydrogen) atoms. The average molecular weight is 373 g/mol. The molecule has 0 bridgehead atoms. The van der Waals surface area contributed by atoms with E-state index >= 15 is 0 Å². The molecule has 1 saturated heterocycles. The summed E-state index contributed by atoms with van der Waals surface area (Å²) in [7, 11) is 0.